The van der Waals surface area contributed by atoms with Crippen molar-refractivity contribution in [1.82, 2.24) is 10.2 Å². The first-order valence-corrected chi connectivity index (χ1v) is 5.73. The van der Waals surface area contributed by atoms with Gasteiger partial charge in [0.1, 0.15) is 0 Å². The Morgan fingerprint density at radius 2 is 1.94 bits per heavy atom. The van der Waals surface area contributed by atoms with Crippen molar-refractivity contribution in [3.05, 3.63) is 34.9 Å². The molecule has 1 atom stereocenters. The van der Waals surface area contributed by atoms with Crippen molar-refractivity contribution >= 4 is 11.6 Å². The first-order valence-electron chi connectivity index (χ1n) is 5.36. The molecule has 0 spiro atoms. The topological polar surface area (TPSA) is 35.5 Å². The summed E-state index contributed by atoms with van der Waals surface area (Å²) in [6.07, 6.45) is -0.331. The van der Waals surface area contributed by atoms with Crippen molar-refractivity contribution in [3.63, 3.8) is 0 Å². The summed E-state index contributed by atoms with van der Waals surface area (Å²) in [4.78, 5) is 1.97. The summed E-state index contributed by atoms with van der Waals surface area (Å²) in [5, 5.41) is 13.6. The van der Waals surface area contributed by atoms with Crippen molar-refractivity contribution in [2.45, 2.75) is 12.6 Å². The highest BCUT2D eigenvalue weighted by atomic mass is 35.5. The van der Waals surface area contributed by atoms with E-state index in [2.05, 4.69) is 5.32 Å². The number of halogens is 1. The normalized spacial score (nSPS) is 13.1. The van der Waals surface area contributed by atoms with E-state index in [-0.39, 0.29) is 6.10 Å². The van der Waals surface area contributed by atoms with E-state index in [4.69, 9.17) is 11.6 Å². The molecule has 0 fully saturated rings. The maximum Gasteiger partial charge on any atom is 0.0791 e. The quantitative estimate of drug-likeness (QED) is 0.791. The molecule has 0 aliphatic heterocycles. The van der Waals surface area contributed by atoms with Gasteiger partial charge in [0.25, 0.3) is 0 Å². The van der Waals surface area contributed by atoms with E-state index < -0.39 is 0 Å². The zero-order valence-corrected chi connectivity index (χ0v) is 10.5. The highest BCUT2D eigenvalue weighted by Gasteiger charge is 2.04. The predicted molar refractivity (Wildman–Crippen MR) is 67.7 cm³/mol. The summed E-state index contributed by atoms with van der Waals surface area (Å²) in [6, 6.07) is 7.70. The summed E-state index contributed by atoms with van der Waals surface area (Å²) < 4.78 is 0. The fourth-order valence-corrected chi connectivity index (χ4v) is 1.60. The summed E-state index contributed by atoms with van der Waals surface area (Å²) in [6.45, 7) is 2.02. The number of nitrogens with zero attached hydrogens (tertiary/aromatic N) is 1. The Labute approximate surface area is 102 Å². The summed E-state index contributed by atoms with van der Waals surface area (Å²) in [5.41, 5.74) is 1.17. The molecule has 0 aromatic heterocycles. The van der Waals surface area contributed by atoms with E-state index in [1.54, 1.807) is 0 Å². The number of nitrogens with one attached hydrogen (secondary N) is 1. The first-order chi connectivity index (χ1) is 7.58. The molecule has 0 aliphatic rings. The second-order valence-electron chi connectivity index (χ2n) is 4.17. The van der Waals surface area contributed by atoms with E-state index in [0.29, 0.717) is 13.1 Å². The van der Waals surface area contributed by atoms with Crippen LogP contribution in [0.3, 0.4) is 0 Å². The Morgan fingerprint density at radius 1 is 1.31 bits per heavy atom. The second-order valence-corrected chi connectivity index (χ2v) is 4.61. The number of benzene rings is 1. The van der Waals surface area contributed by atoms with E-state index in [1.165, 1.54) is 5.56 Å². The number of rotatable bonds is 6. The number of aliphatic hydroxyl groups is 1. The van der Waals surface area contributed by atoms with Crippen molar-refractivity contribution in [2.75, 3.05) is 27.2 Å². The van der Waals surface area contributed by atoms with Gasteiger partial charge in [-0.2, -0.15) is 0 Å². The van der Waals surface area contributed by atoms with E-state index in [9.17, 15) is 5.11 Å². The van der Waals surface area contributed by atoms with E-state index in [1.807, 2.05) is 43.3 Å². The molecule has 0 heterocycles. The molecule has 1 unspecified atom stereocenters. The van der Waals surface area contributed by atoms with Gasteiger partial charge in [0.15, 0.2) is 0 Å². The minimum absolute atomic E-state index is 0.331. The lowest BCUT2D eigenvalue weighted by atomic mass is 10.2. The maximum atomic E-state index is 9.62. The van der Waals surface area contributed by atoms with Crippen molar-refractivity contribution in [1.29, 1.82) is 0 Å². The third-order valence-corrected chi connectivity index (χ3v) is 2.45. The monoisotopic (exact) mass is 242 g/mol. The molecule has 0 saturated heterocycles. The Kier molecular flexibility index (Phi) is 5.77. The summed E-state index contributed by atoms with van der Waals surface area (Å²) >= 11 is 5.79. The van der Waals surface area contributed by atoms with Gasteiger partial charge in [-0.25, -0.2) is 0 Å². The van der Waals surface area contributed by atoms with Gasteiger partial charge in [-0.15, -0.1) is 0 Å². The smallest absolute Gasteiger partial charge is 0.0791 e. The Hall–Kier alpha value is -0.610. The van der Waals surface area contributed by atoms with Crippen LogP contribution in [0.15, 0.2) is 24.3 Å². The van der Waals surface area contributed by atoms with Crippen LogP contribution in [0.4, 0.5) is 0 Å². The van der Waals surface area contributed by atoms with Crippen LogP contribution in [0.2, 0.25) is 5.02 Å². The van der Waals surface area contributed by atoms with Crippen LogP contribution >= 0.6 is 11.6 Å². The fourth-order valence-electron chi connectivity index (χ4n) is 1.47. The average Bonchev–Trinajstić information content (AvgIpc) is 2.20. The van der Waals surface area contributed by atoms with Gasteiger partial charge >= 0.3 is 0 Å². The minimum Gasteiger partial charge on any atom is -0.390 e. The Bertz CT molecular complexity index is 300. The Balaban J connectivity index is 2.22. The summed E-state index contributed by atoms with van der Waals surface area (Å²) in [7, 11) is 3.89. The standard InChI is InChI=1S/C12H19ClN2O/c1-15(2)9-12(16)8-14-7-10-3-5-11(13)6-4-10/h3-6,12,14,16H,7-9H2,1-2H3. The molecular formula is C12H19ClN2O. The average molecular weight is 243 g/mol. The molecular weight excluding hydrogens is 224 g/mol. The number of aliphatic hydroxyl groups excluding tert-OH is 1. The number of hydrogen-bond donors (Lipinski definition) is 2. The lowest BCUT2D eigenvalue weighted by molar-refractivity contribution is 0.134. The van der Waals surface area contributed by atoms with Crippen molar-refractivity contribution in [3.8, 4) is 0 Å². The SMILES string of the molecule is CN(C)CC(O)CNCc1ccc(Cl)cc1. The fraction of sp³-hybridized carbons (Fsp3) is 0.500. The largest absolute Gasteiger partial charge is 0.390 e. The molecule has 0 saturated carbocycles. The molecule has 0 bridgehead atoms. The third-order valence-electron chi connectivity index (χ3n) is 2.20. The molecule has 1 aromatic rings. The molecule has 0 amide bonds. The summed E-state index contributed by atoms with van der Waals surface area (Å²) in [5.74, 6) is 0. The molecule has 3 nitrogen and oxygen atoms in total. The van der Waals surface area contributed by atoms with Gasteiger partial charge in [-0.1, -0.05) is 23.7 Å². The highest BCUT2D eigenvalue weighted by molar-refractivity contribution is 6.30. The van der Waals surface area contributed by atoms with Crippen LogP contribution in [-0.2, 0) is 6.54 Å². The molecule has 1 rings (SSSR count). The molecule has 2 N–H and O–H groups in total. The van der Waals surface area contributed by atoms with Gasteiger partial charge in [-0.3, -0.25) is 0 Å². The molecule has 16 heavy (non-hydrogen) atoms. The zero-order chi connectivity index (χ0) is 12.0. The van der Waals surface area contributed by atoms with E-state index in [0.717, 1.165) is 11.6 Å². The van der Waals surface area contributed by atoms with Crippen molar-refractivity contribution in [2.24, 2.45) is 0 Å². The van der Waals surface area contributed by atoms with Crippen LogP contribution in [-0.4, -0.2) is 43.3 Å². The van der Waals surface area contributed by atoms with Crippen molar-refractivity contribution < 1.29 is 5.11 Å². The predicted octanol–water partition coefficient (Wildman–Crippen LogP) is 1.35. The number of hydrogen-bond acceptors (Lipinski definition) is 3. The lowest BCUT2D eigenvalue weighted by Gasteiger charge is -2.16. The lowest BCUT2D eigenvalue weighted by Crippen LogP contribution is -2.34. The molecule has 0 radical (unpaired) electrons. The van der Waals surface area contributed by atoms with Gasteiger partial charge < -0.3 is 15.3 Å². The Morgan fingerprint density at radius 3 is 2.50 bits per heavy atom. The van der Waals surface area contributed by atoms with Crippen LogP contribution in [0.5, 0.6) is 0 Å². The molecule has 4 heteroatoms. The maximum absolute atomic E-state index is 9.62. The first kappa shape index (κ1) is 13.5. The van der Waals surface area contributed by atoms with Crippen LogP contribution < -0.4 is 5.32 Å². The zero-order valence-electron chi connectivity index (χ0n) is 9.78. The minimum atomic E-state index is -0.331. The number of likely N-dealkylation sites (N-methyl/N-ethyl adjacent to an activating group) is 1. The van der Waals surface area contributed by atoms with Crippen LogP contribution in [0.1, 0.15) is 5.56 Å². The second kappa shape index (κ2) is 6.86. The van der Waals surface area contributed by atoms with Gasteiger partial charge in [0.05, 0.1) is 6.10 Å². The highest BCUT2D eigenvalue weighted by Crippen LogP contribution is 2.08. The van der Waals surface area contributed by atoms with E-state index >= 15 is 0 Å². The molecule has 90 valence electrons. The van der Waals surface area contributed by atoms with Crippen LogP contribution in [0.25, 0.3) is 0 Å². The third kappa shape index (κ3) is 5.47. The van der Waals surface area contributed by atoms with Gasteiger partial charge in [0.2, 0.25) is 0 Å². The molecule has 1 aromatic carbocycles. The van der Waals surface area contributed by atoms with Gasteiger partial charge in [0, 0.05) is 24.7 Å². The van der Waals surface area contributed by atoms with Gasteiger partial charge in [-0.05, 0) is 31.8 Å². The van der Waals surface area contributed by atoms with Crippen LogP contribution in [0, 0.1) is 0 Å². The molecule has 0 aliphatic carbocycles.